The van der Waals surface area contributed by atoms with Crippen molar-refractivity contribution in [2.45, 2.75) is 32.2 Å². The van der Waals surface area contributed by atoms with E-state index in [1.54, 1.807) is 43.0 Å². The van der Waals surface area contributed by atoms with Crippen molar-refractivity contribution in [1.82, 2.24) is 4.90 Å². The molecule has 172 valence electrons. The molecule has 0 spiro atoms. The summed E-state index contributed by atoms with van der Waals surface area (Å²) in [5.41, 5.74) is 1.05. The van der Waals surface area contributed by atoms with E-state index in [0.29, 0.717) is 24.3 Å². The molecule has 2 aliphatic heterocycles. The van der Waals surface area contributed by atoms with Crippen LogP contribution in [0.5, 0.6) is 0 Å². The Morgan fingerprint density at radius 1 is 1.06 bits per heavy atom. The van der Waals surface area contributed by atoms with Gasteiger partial charge in [0, 0.05) is 19.5 Å². The number of hydrogen-bond acceptors (Lipinski definition) is 5. The Hall–Kier alpha value is -3.68. The Morgan fingerprint density at radius 2 is 1.76 bits per heavy atom. The lowest BCUT2D eigenvalue weighted by Crippen LogP contribution is -2.59. The Bertz CT molecular complexity index is 1080. The maximum atomic E-state index is 13.0. The summed E-state index contributed by atoms with van der Waals surface area (Å²) >= 11 is 0. The molecular weight excluding hydrogens is 422 g/mol. The van der Waals surface area contributed by atoms with E-state index in [2.05, 4.69) is 5.32 Å². The second kappa shape index (κ2) is 9.05. The number of amides is 3. The standard InChI is InChI=1S/C25H27N3O5/c1-25(2)24(32)26-19-10-6-7-11-20(19)28(25)22(30)16-33-23(31)18-14-21(29)27(15-18)13-12-17-8-4-3-5-9-17/h3-11,18H,12-16H2,1-2H3,(H,26,32)/t18-/m1/s1. The van der Waals surface area contributed by atoms with Crippen LogP contribution in [0.2, 0.25) is 0 Å². The number of anilines is 2. The quantitative estimate of drug-likeness (QED) is 0.683. The van der Waals surface area contributed by atoms with E-state index in [-0.39, 0.29) is 24.8 Å². The van der Waals surface area contributed by atoms with Crippen LogP contribution < -0.4 is 10.2 Å². The van der Waals surface area contributed by atoms with Gasteiger partial charge in [-0.3, -0.25) is 24.1 Å². The summed E-state index contributed by atoms with van der Waals surface area (Å²) in [4.78, 5) is 53.5. The van der Waals surface area contributed by atoms with Crippen LogP contribution in [0, 0.1) is 5.92 Å². The van der Waals surface area contributed by atoms with Gasteiger partial charge in [0.25, 0.3) is 5.91 Å². The highest BCUT2D eigenvalue weighted by atomic mass is 16.5. The van der Waals surface area contributed by atoms with Crippen molar-refractivity contribution in [2.75, 3.05) is 29.9 Å². The molecule has 33 heavy (non-hydrogen) atoms. The van der Waals surface area contributed by atoms with E-state index in [1.165, 1.54) is 4.90 Å². The molecule has 8 nitrogen and oxygen atoms in total. The monoisotopic (exact) mass is 449 g/mol. The van der Waals surface area contributed by atoms with Gasteiger partial charge in [-0.15, -0.1) is 0 Å². The molecule has 2 aliphatic rings. The van der Waals surface area contributed by atoms with Gasteiger partial charge in [0.1, 0.15) is 5.54 Å². The zero-order valence-corrected chi connectivity index (χ0v) is 18.7. The van der Waals surface area contributed by atoms with Gasteiger partial charge in [-0.05, 0) is 38.0 Å². The number of carbonyl (C=O) groups excluding carboxylic acids is 4. The molecule has 0 radical (unpaired) electrons. The van der Waals surface area contributed by atoms with Crippen molar-refractivity contribution in [3.63, 3.8) is 0 Å². The zero-order valence-electron chi connectivity index (χ0n) is 18.7. The molecule has 0 aliphatic carbocycles. The zero-order chi connectivity index (χ0) is 23.6. The predicted octanol–water partition coefficient (Wildman–Crippen LogP) is 2.38. The highest BCUT2D eigenvalue weighted by Crippen LogP contribution is 2.36. The number of carbonyl (C=O) groups is 4. The maximum absolute atomic E-state index is 13.0. The first-order valence-electron chi connectivity index (χ1n) is 11.0. The van der Waals surface area contributed by atoms with Crippen molar-refractivity contribution < 1.29 is 23.9 Å². The van der Waals surface area contributed by atoms with Gasteiger partial charge in [-0.25, -0.2) is 0 Å². The molecule has 4 rings (SSSR count). The van der Waals surface area contributed by atoms with Crippen LogP contribution >= 0.6 is 0 Å². The lowest BCUT2D eigenvalue weighted by molar-refractivity contribution is -0.152. The smallest absolute Gasteiger partial charge is 0.311 e. The highest BCUT2D eigenvalue weighted by molar-refractivity contribution is 6.14. The van der Waals surface area contributed by atoms with Gasteiger partial charge in [-0.1, -0.05) is 42.5 Å². The summed E-state index contributed by atoms with van der Waals surface area (Å²) in [5, 5.41) is 2.79. The van der Waals surface area contributed by atoms with E-state index in [4.69, 9.17) is 4.74 Å². The van der Waals surface area contributed by atoms with Crippen LogP contribution in [-0.2, 0) is 30.3 Å². The average molecular weight is 450 g/mol. The fourth-order valence-corrected chi connectivity index (χ4v) is 4.27. The first kappa shape index (κ1) is 22.5. The van der Waals surface area contributed by atoms with Gasteiger partial charge < -0.3 is 15.0 Å². The largest absolute Gasteiger partial charge is 0.455 e. The molecule has 0 unspecified atom stereocenters. The summed E-state index contributed by atoms with van der Waals surface area (Å²) < 4.78 is 5.30. The van der Waals surface area contributed by atoms with Crippen LogP contribution in [-0.4, -0.2) is 53.8 Å². The average Bonchev–Trinajstić information content (AvgIpc) is 3.18. The van der Waals surface area contributed by atoms with Gasteiger partial charge in [0.05, 0.1) is 17.3 Å². The summed E-state index contributed by atoms with van der Waals surface area (Å²) in [6.07, 6.45) is 0.778. The van der Waals surface area contributed by atoms with Crippen LogP contribution in [0.25, 0.3) is 0 Å². The minimum absolute atomic E-state index is 0.0717. The molecule has 1 fully saturated rings. The topological polar surface area (TPSA) is 96.0 Å². The van der Waals surface area contributed by atoms with Gasteiger partial charge in [0.15, 0.2) is 6.61 Å². The van der Waals surface area contributed by atoms with Crippen LogP contribution in [0.3, 0.4) is 0 Å². The third-order valence-corrected chi connectivity index (χ3v) is 6.16. The Kier molecular flexibility index (Phi) is 6.18. The van der Waals surface area contributed by atoms with Gasteiger partial charge >= 0.3 is 5.97 Å². The first-order chi connectivity index (χ1) is 15.8. The molecule has 2 heterocycles. The number of likely N-dealkylation sites (tertiary alicyclic amines) is 1. The number of nitrogens with one attached hydrogen (secondary N) is 1. The van der Waals surface area contributed by atoms with Gasteiger partial charge in [0.2, 0.25) is 11.8 Å². The molecular formula is C25H27N3O5. The summed E-state index contributed by atoms with van der Waals surface area (Å²) in [7, 11) is 0. The van der Waals surface area contributed by atoms with Crippen molar-refractivity contribution in [3.8, 4) is 0 Å². The predicted molar refractivity (Wildman–Crippen MR) is 122 cm³/mol. The number of esters is 1. The normalized spacial score (nSPS) is 19.2. The molecule has 0 bridgehead atoms. The highest BCUT2D eigenvalue weighted by Gasteiger charge is 2.44. The number of hydrogen-bond donors (Lipinski definition) is 1. The molecule has 0 aromatic heterocycles. The second-order valence-corrected chi connectivity index (χ2v) is 8.84. The van der Waals surface area contributed by atoms with Crippen molar-refractivity contribution in [3.05, 3.63) is 60.2 Å². The van der Waals surface area contributed by atoms with E-state index in [1.807, 2.05) is 30.3 Å². The van der Waals surface area contributed by atoms with E-state index >= 15 is 0 Å². The first-order valence-corrected chi connectivity index (χ1v) is 11.0. The van der Waals surface area contributed by atoms with E-state index < -0.39 is 29.9 Å². The fourth-order valence-electron chi connectivity index (χ4n) is 4.27. The number of nitrogens with zero attached hydrogens (tertiary/aromatic N) is 2. The Morgan fingerprint density at radius 3 is 2.52 bits per heavy atom. The molecule has 1 atom stereocenters. The fraction of sp³-hybridized carbons (Fsp3) is 0.360. The summed E-state index contributed by atoms with van der Waals surface area (Å²) in [5.74, 6) is -2.10. The van der Waals surface area contributed by atoms with E-state index in [9.17, 15) is 19.2 Å². The maximum Gasteiger partial charge on any atom is 0.311 e. The van der Waals surface area contributed by atoms with Crippen molar-refractivity contribution in [1.29, 1.82) is 0 Å². The number of fused-ring (bicyclic) bond motifs is 1. The van der Waals surface area contributed by atoms with Crippen molar-refractivity contribution >= 4 is 35.1 Å². The third-order valence-electron chi connectivity index (χ3n) is 6.16. The Labute approximate surface area is 192 Å². The number of para-hydroxylation sites is 2. The lowest BCUT2D eigenvalue weighted by Gasteiger charge is -2.41. The molecule has 2 aromatic carbocycles. The SMILES string of the molecule is CC1(C)C(=O)Nc2ccccc2N1C(=O)COC(=O)[C@@H]1CC(=O)N(CCc2ccccc2)C1. The Balaban J connectivity index is 1.35. The molecule has 3 amide bonds. The number of rotatable bonds is 6. The lowest BCUT2D eigenvalue weighted by atomic mass is 9.96. The van der Waals surface area contributed by atoms with Crippen LogP contribution in [0.1, 0.15) is 25.8 Å². The minimum Gasteiger partial charge on any atom is -0.455 e. The molecule has 0 saturated carbocycles. The van der Waals surface area contributed by atoms with Crippen molar-refractivity contribution in [2.24, 2.45) is 5.92 Å². The number of ether oxygens (including phenoxy) is 1. The molecule has 2 aromatic rings. The van der Waals surface area contributed by atoms with Gasteiger partial charge in [-0.2, -0.15) is 0 Å². The minimum atomic E-state index is -1.14. The molecule has 8 heteroatoms. The van der Waals surface area contributed by atoms with E-state index in [0.717, 1.165) is 5.56 Å². The number of benzene rings is 2. The summed E-state index contributed by atoms with van der Waals surface area (Å²) in [6, 6.07) is 16.8. The molecule has 1 saturated heterocycles. The van der Waals surface area contributed by atoms with Crippen LogP contribution in [0.15, 0.2) is 54.6 Å². The third kappa shape index (κ3) is 4.60. The second-order valence-electron chi connectivity index (χ2n) is 8.84. The molecule has 1 N–H and O–H groups in total. The summed E-state index contributed by atoms with van der Waals surface area (Å²) in [6.45, 7) is 3.58. The van der Waals surface area contributed by atoms with Crippen LogP contribution in [0.4, 0.5) is 11.4 Å².